The number of hydrogen-bond acceptors (Lipinski definition) is 5. The minimum absolute atomic E-state index is 0.0311. The van der Waals surface area contributed by atoms with E-state index in [0.29, 0.717) is 5.25 Å². The summed E-state index contributed by atoms with van der Waals surface area (Å²) < 4.78 is 0. The van der Waals surface area contributed by atoms with Crippen LogP contribution in [0.4, 0.5) is 5.69 Å². The van der Waals surface area contributed by atoms with Crippen molar-refractivity contribution in [3.63, 3.8) is 0 Å². The second kappa shape index (κ2) is 13.3. The van der Waals surface area contributed by atoms with Gasteiger partial charge in [-0.25, -0.2) is 4.98 Å². The zero-order valence-electron chi connectivity index (χ0n) is 14.5. The Morgan fingerprint density at radius 1 is 1.21 bits per heavy atom. The van der Waals surface area contributed by atoms with Crippen LogP contribution in [0, 0.1) is 10.1 Å². The van der Waals surface area contributed by atoms with Gasteiger partial charge >= 0.3 is 0 Å². The third-order valence-corrected chi connectivity index (χ3v) is 6.52. The molecule has 1 aromatic heterocycles. The second-order valence-corrected chi connectivity index (χ2v) is 8.29. The normalized spacial score (nSPS) is 12.0. The molecule has 0 aliphatic heterocycles. The molecule has 0 spiro atoms. The summed E-state index contributed by atoms with van der Waals surface area (Å²) in [6.45, 7) is 6.16. The van der Waals surface area contributed by atoms with E-state index >= 15 is 0 Å². The minimum atomic E-state index is -0.427. The largest absolute Gasteiger partial charge is 0.287 e. The molecule has 1 unspecified atom stereocenters. The molecule has 6 heteroatoms. The summed E-state index contributed by atoms with van der Waals surface area (Å²) in [4.78, 5) is 14.3. The summed E-state index contributed by atoms with van der Waals surface area (Å²) in [7, 11) is 3.29. The van der Waals surface area contributed by atoms with Crippen molar-refractivity contribution >= 4 is 27.3 Å². The van der Waals surface area contributed by atoms with Gasteiger partial charge < -0.3 is 0 Å². The Morgan fingerprint density at radius 2 is 1.88 bits per heavy atom. The molecule has 0 saturated carbocycles. The van der Waals surface area contributed by atoms with Gasteiger partial charge in [-0.05, 0) is 23.3 Å². The Balaban J connectivity index is 2.16. The lowest BCUT2D eigenvalue weighted by atomic mass is 10.1. The molecule has 0 aliphatic carbocycles. The van der Waals surface area contributed by atoms with Gasteiger partial charge in [0, 0.05) is 11.3 Å². The van der Waals surface area contributed by atoms with Crippen molar-refractivity contribution in [1.82, 2.24) is 4.98 Å². The van der Waals surface area contributed by atoms with Crippen LogP contribution in [0.2, 0.25) is 0 Å². The molecule has 1 atom stereocenters. The number of rotatable bonds is 14. The van der Waals surface area contributed by atoms with E-state index in [1.807, 2.05) is 6.08 Å². The van der Waals surface area contributed by atoms with Crippen molar-refractivity contribution in [3.05, 3.63) is 41.1 Å². The molecule has 4 nitrogen and oxygen atoms in total. The molecule has 0 bridgehead atoms. The Hall–Kier alpha value is -1.01. The molecule has 1 heterocycles. The Kier molecular flexibility index (Phi) is 11.7. The number of pyridine rings is 1. The van der Waals surface area contributed by atoms with Gasteiger partial charge in [-0.15, -0.1) is 6.58 Å². The molecule has 0 fully saturated rings. The highest BCUT2D eigenvalue weighted by Gasteiger charge is 2.09. The fourth-order valence-electron chi connectivity index (χ4n) is 2.33. The van der Waals surface area contributed by atoms with E-state index in [1.165, 1.54) is 63.6 Å². The van der Waals surface area contributed by atoms with Crippen molar-refractivity contribution in [2.24, 2.45) is 0 Å². The lowest BCUT2D eigenvalue weighted by molar-refractivity contribution is -0.385. The van der Waals surface area contributed by atoms with Crippen LogP contribution < -0.4 is 0 Å². The summed E-state index contributed by atoms with van der Waals surface area (Å²) in [5.41, 5.74) is 0.0311. The van der Waals surface area contributed by atoms with Gasteiger partial charge in [0.15, 0.2) is 0 Å². The Morgan fingerprint density at radius 3 is 2.42 bits per heavy atom. The van der Waals surface area contributed by atoms with E-state index in [0.717, 1.165) is 11.4 Å². The van der Waals surface area contributed by atoms with Crippen LogP contribution in [0.25, 0.3) is 0 Å². The first kappa shape index (κ1) is 21.0. The van der Waals surface area contributed by atoms with Crippen LogP contribution >= 0.6 is 21.6 Å². The zero-order valence-corrected chi connectivity index (χ0v) is 16.1. The van der Waals surface area contributed by atoms with E-state index in [-0.39, 0.29) is 5.69 Å². The summed E-state index contributed by atoms with van der Waals surface area (Å²) in [5.74, 6) is 0. The number of aromatic nitrogens is 1. The van der Waals surface area contributed by atoms with Crippen molar-refractivity contribution in [3.8, 4) is 0 Å². The Bertz CT molecular complexity index is 480. The maximum atomic E-state index is 10.6. The average Bonchev–Trinajstić information content (AvgIpc) is 2.60. The summed E-state index contributed by atoms with van der Waals surface area (Å²) >= 11 is 0. The number of hydrogen-bond donors (Lipinski definition) is 0. The van der Waals surface area contributed by atoms with Crippen LogP contribution in [-0.2, 0) is 0 Å². The van der Waals surface area contributed by atoms with E-state index < -0.39 is 4.92 Å². The second-order valence-electron chi connectivity index (χ2n) is 5.83. The first-order chi connectivity index (χ1) is 11.7. The standard InChI is InChI=1S/C18H28N2O2S2/c1-3-5-6-7-8-9-10-11-12-17(4-2)23-24-18-14-13-16(15-19-18)20(21)22/h4,13-15,17H,2-3,5-12H2,1H3. The van der Waals surface area contributed by atoms with E-state index in [9.17, 15) is 10.1 Å². The fraction of sp³-hybridized carbons (Fsp3) is 0.611. The maximum absolute atomic E-state index is 10.6. The van der Waals surface area contributed by atoms with Gasteiger partial charge in [0.2, 0.25) is 0 Å². The van der Waals surface area contributed by atoms with Gasteiger partial charge in [0.05, 0.1) is 4.92 Å². The highest BCUT2D eigenvalue weighted by atomic mass is 33.1. The lowest BCUT2D eigenvalue weighted by Crippen LogP contribution is -1.96. The Labute approximate surface area is 153 Å². The quantitative estimate of drug-likeness (QED) is 0.119. The molecular formula is C18H28N2O2S2. The van der Waals surface area contributed by atoms with Crippen molar-refractivity contribution in [1.29, 1.82) is 0 Å². The summed E-state index contributed by atoms with van der Waals surface area (Å²) in [6, 6.07) is 3.20. The van der Waals surface area contributed by atoms with Crippen molar-refractivity contribution < 1.29 is 4.92 Å². The molecule has 1 aromatic rings. The molecule has 24 heavy (non-hydrogen) atoms. The molecular weight excluding hydrogens is 340 g/mol. The third kappa shape index (κ3) is 9.33. The molecule has 0 aromatic carbocycles. The van der Waals surface area contributed by atoms with Gasteiger partial charge in [-0.2, -0.15) is 0 Å². The van der Waals surface area contributed by atoms with Gasteiger partial charge in [-0.1, -0.05) is 75.2 Å². The molecule has 0 amide bonds. The lowest BCUT2D eigenvalue weighted by Gasteiger charge is -2.10. The van der Waals surface area contributed by atoms with Crippen LogP contribution in [-0.4, -0.2) is 15.2 Å². The first-order valence-electron chi connectivity index (χ1n) is 8.73. The molecule has 0 aliphatic rings. The predicted octanol–water partition coefficient (Wildman–Crippen LogP) is 6.82. The van der Waals surface area contributed by atoms with Crippen LogP contribution in [0.1, 0.15) is 64.7 Å². The molecule has 0 radical (unpaired) electrons. The minimum Gasteiger partial charge on any atom is -0.258 e. The summed E-state index contributed by atoms with van der Waals surface area (Å²) in [5, 5.41) is 11.8. The third-order valence-electron chi connectivity index (χ3n) is 3.79. The monoisotopic (exact) mass is 368 g/mol. The average molecular weight is 369 g/mol. The predicted molar refractivity (Wildman–Crippen MR) is 106 cm³/mol. The highest BCUT2D eigenvalue weighted by molar-refractivity contribution is 8.77. The van der Waals surface area contributed by atoms with Gasteiger partial charge in [0.1, 0.15) is 11.2 Å². The smallest absolute Gasteiger partial charge is 0.258 e. The highest BCUT2D eigenvalue weighted by Crippen LogP contribution is 2.36. The van der Waals surface area contributed by atoms with Gasteiger partial charge in [0.25, 0.3) is 5.69 Å². The van der Waals surface area contributed by atoms with Crippen LogP contribution in [0.3, 0.4) is 0 Å². The van der Waals surface area contributed by atoms with Gasteiger partial charge in [-0.3, -0.25) is 10.1 Å². The molecule has 0 saturated heterocycles. The van der Waals surface area contributed by atoms with E-state index in [2.05, 4.69) is 18.5 Å². The van der Waals surface area contributed by atoms with Crippen LogP contribution in [0.5, 0.6) is 0 Å². The van der Waals surface area contributed by atoms with Crippen molar-refractivity contribution in [2.75, 3.05) is 0 Å². The summed E-state index contributed by atoms with van der Waals surface area (Å²) in [6.07, 6.45) is 15.0. The molecule has 1 rings (SSSR count). The fourth-order valence-corrected chi connectivity index (χ4v) is 4.60. The van der Waals surface area contributed by atoms with Crippen molar-refractivity contribution in [2.45, 2.75) is 75.0 Å². The topological polar surface area (TPSA) is 56.0 Å². The van der Waals surface area contributed by atoms with Crippen LogP contribution in [0.15, 0.2) is 36.0 Å². The zero-order chi connectivity index (χ0) is 17.6. The van der Waals surface area contributed by atoms with E-state index in [4.69, 9.17) is 0 Å². The molecule has 134 valence electrons. The number of nitro groups is 1. The number of nitrogens with zero attached hydrogens (tertiary/aromatic N) is 2. The molecule has 0 N–H and O–H groups in total. The SMILES string of the molecule is C=CC(CCCCCCCCCC)SSc1ccc([N+](=O)[O-])cn1. The maximum Gasteiger partial charge on any atom is 0.287 e. The number of unbranched alkanes of at least 4 members (excludes halogenated alkanes) is 7. The van der Waals surface area contributed by atoms with E-state index in [1.54, 1.807) is 27.7 Å². The first-order valence-corrected chi connectivity index (χ1v) is 10.9.